The van der Waals surface area contributed by atoms with E-state index in [4.69, 9.17) is 11.6 Å². The van der Waals surface area contributed by atoms with Crippen molar-refractivity contribution in [2.24, 2.45) is 7.05 Å². The highest BCUT2D eigenvalue weighted by molar-refractivity contribution is 8.00. The molecule has 34 heavy (non-hydrogen) atoms. The summed E-state index contributed by atoms with van der Waals surface area (Å²) < 4.78 is 42.1. The van der Waals surface area contributed by atoms with E-state index in [1.54, 1.807) is 35.9 Å². The van der Waals surface area contributed by atoms with E-state index in [9.17, 15) is 22.8 Å². The topological polar surface area (TPSA) is 61.8 Å². The molecule has 0 spiro atoms. The molecule has 0 bridgehead atoms. The van der Waals surface area contributed by atoms with E-state index in [0.29, 0.717) is 22.8 Å². The second kappa shape index (κ2) is 9.34. The van der Waals surface area contributed by atoms with E-state index < -0.39 is 16.8 Å². The summed E-state index contributed by atoms with van der Waals surface area (Å²) in [5, 5.41) is 0.537. The predicted octanol–water partition coefficient (Wildman–Crippen LogP) is 4.82. The summed E-state index contributed by atoms with van der Waals surface area (Å²) in [6, 6.07) is 12.6. The minimum absolute atomic E-state index is 0.0403. The molecule has 0 N–H and O–H groups in total. The molecule has 0 saturated heterocycles. The van der Waals surface area contributed by atoms with E-state index in [2.05, 4.69) is 4.98 Å². The lowest BCUT2D eigenvalue weighted by Crippen LogP contribution is -2.41. The number of hydrogen-bond acceptors (Lipinski definition) is 4. The normalized spacial score (nSPS) is 11.9. The summed E-state index contributed by atoms with van der Waals surface area (Å²) in [4.78, 5) is 31.3. The number of aryl methyl sites for hydroxylation is 2. The SMILES string of the molecule is CCc1nc2c(c(=O)n(Cc3ccc(Cl)cc3)c(=O)n2Cc2ccc(SC(F)(F)F)cc2)n1C. The van der Waals surface area contributed by atoms with Gasteiger partial charge in [-0.25, -0.2) is 9.78 Å². The number of alkyl halides is 3. The molecule has 2 aromatic carbocycles. The number of fused-ring (bicyclic) bond motifs is 1. The minimum atomic E-state index is -4.38. The average molecular weight is 509 g/mol. The first-order valence-electron chi connectivity index (χ1n) is 10.4. The smallest absolute Gasteiger partial charge is 0.325 e. The van der Waals surface area contributed by atoms with Crippen LogP contribution in [0.15, 0.2) is 63.0 Å². The third kappa shape index (κ3) is 4.92. The van der Waals surface area contributed by atoms with Gasteiger partial charge in [0.1, 0.15) is 5.82 Å². The monoisotopic (exact) mass is 508 g/mol. The van der Waals surface area contributed by atoms with Crippen LogP contribution in [0.4, 0.5) is 13.2 Å². The van der Waals surface area contributed by atoms with Gasteiger partial charge >= 0.3 is 11.2 Å². The maximum Gasteiger partial charge on any atom is 0.446 e. The fourth-order valence-corrected chi connectivity index (χ4v) is 4.42. The molecule has 0 saturated carbocycles. The van der Waals surface area contributed by atoms with Gasteiger partial charge in [-0.2, -0.15) is 13.2 Å². The summed E-state index contributed by atoms with van der Waals surface area (Å²) >= 11 is 5.74. The van der Waals surface area contributed by atoms with Gasteiger partial charge in [-0.1, -0.05) is 42.8 Å². The molecular weight excluding hydrogens is 489 g/mol. The van der Waals surface area contributed by atoms with Gasteiger partial charge < -0.3 is 4.57 Å². The molecule has 0 unspecified atom stereocenters. The van der Waals surface area contributed by atoms with Gasteiger partial charge in [0.05, 0.1) is 13.1 Å². The Bertz CT molecular complexity index is 1460. The van der Waals surface area contributed by atoms with Crippen molar-refractivity contribution in [2.45, 2.75) is 36.8 Å². The Morgan fingerprint density at radius 2 is 1.50 bits per heavy atom. The van der Waals surface area contributed by atoms with Crippen LogP contribution >= 0.6 is 23.4 Å². The fraction of sp³-hybridized carbons (Fsp3) is 0.261. The Morgan fingerprint density at radius 3 is 2.06 bits per heavy atom. The summed E-state index contributed by atoms with van der Waals surface area (Å²) in [7, 11) is 1.72. The number of rotatable bonds is 6. The number of benzene rings is 2. The summed E-state index contributed by atoms with van der Waals surface area (Å²) in [5.41, 5.74) is -3.53. The Morgan fingerprint density at radius 1 is 0.941 bits per heavy atom. The molecular formula is C23H20ClF3N4O2S. The molecule has 0 fully saturated rings. The zero-order valence-electron chi connectivity index (χ0n) is 18.3. The molecule has 0 radical (unpaired) electrons. The van der Waals surface area contributed by atoms with Gasteiger partial charge in [-0.3, -0.25) is 13.9 Å². The Balaban J connectivity index is 1.82. The highest BCUT2D eigenvalue weighted by Gasteiger charge is 2.29. The highest BCUT2D eigenvalue weighted by Crippen LogP contribution is 2.36. The standard InChI is InChI=1S/C23H20ClF3N4O2S/c1-3-18-28-20-19(29(18)2)21(32)31(13-14-4-8-16(24)9-5-14)22(33)30(20)12-15-6-10-17(11-7-15)34-23(25,26)27/h4-11H,3,12-13H2,1-2H3. The van der Waals surface area contributed by atoms with E-state index in [1.807, 2.05) is 6.92 Å². The van der Waals surface area contributed by atoms with E-state index in [0.717, 1.165) is 10.1 Å². The lowest BCUT2D eigenvalue weighted by atomic mass is 10.2. The van der Waals surface area contributed by atoms with Crippen LogP contribution in [-0.4, -0.2) is 24.2 Å². The van der Waals surface area contributed by atoms with Crippen molar-refractivity contribution < 1.29 is 13.2 Å². The molecule has 11 heteroatoms. The number of nitrogens with zero attached hydrogens (tertiary/aromatic N) is 4. The zero-order chi connectivity index (χ0) is 24.6. The van der Waals surface area contributed by atoms with Crippen molar-refractivity contribution in [3.63, 3.8) is 0 Å². The fourth-order valence-electron chi connectivity index (χ4n) is 3.76. The van der Waals surface area contributed by atoms with Gasteiger partial charge in [0.15, 0.2) is 11.2 Å². The van der Waals surface area contributed by atoms with Crippen LogP contribution in [0.5, 0.6) is 0 Å². The summed E-state index contributed by atoms with van der Waals surface area (Å²) in [6.45, 7) is 1.99. The van der Waals surface area contributed by atoms with Gasteiger partial charge in [0, 0.05) is 23.4 Å². The van der Waals surface area contributed by atoms with Crippen LogP contribution in [0.2, 0.25) is 5.02 Å². The zero-order valence-corrected chi connectivity index (χ0v) is 19.8. The van der Waals surface area contributed by atoms with Crippen LogP contribution < -0.4 is 11.2 Å². The summed E-state index contributed by atoms with van der Waals surface area (Å²) in [5.74, 6) is 0.640. The third-order valence-corrected chi connectivity index (χ3v) is 6.39. The molecule has 6 nitrogen and oxygen atoms in total. The van der Waals surface area contributed by atoms with Gasteiger partial charge in [0.25, 0.3) is 5.56 Å². The van der Waals surface area contributed by atoms with Gasteiger partial charge in [-0.15, -0.1) is 0 Å². The summed E-state index contributed by atoms with van der Waals surface area (Å²) in [6.07, 6.45) is 0.555. The van der Waals surface area contributed by atoms with Crippen LogP contribution in [0, 0.1) is 0 Å². The van der Waals surface area contributed by atoms with Crippen molar-refractivity contribution in [3.8, 4) is 0 Å². The number of halogens is 4. The minimum Gasteiger partial charge on any atom is -0.325 e. The largest absolute Gasteiger partial charge is 0.446 e. The molecule has 2 aromatic heterocycles. The molecule has 0 atom stereocenters. The van der Waals surface area contributed by atoms with Crippen molar-refractivity contribution in [3.05, 3.63) is 91.3 Å². The molecule has 0 aliphatic heterocycles. The third-order valence-electron chi connectivity index (χ3n) is 5.40. The van der Waals surface area contributed by atoms with Gasteiger partial charge in [0.2, 0.25) is 0 Å². The number of hydrogen-bond donors (Lipinski definition) is 0. The first-order chi connectivity index (χ1) is 16.1. The van der Waals surface area contributed by atoms with Crippen LogP contribution in [0.3, 0.4) is 0 Å². The van der Waals surface area contributed by atoms with Crippen LogP contribution in [0.1, 0.15) is 23.9 Å². The Kier molecular flexibility index (Phi) is 6.64. The average Bonchev–Trinajstić information content (AvgIpc) is 3.12. The van der Waals surface area contributed by atoms with Crippen LogP contribution in [0.25, 0.3) is 11.2 Å². The molecule has 4 rings (SSSR count). The second-order valence-electron chi connectivity index (χ2n) is 7.69. The first-order valence-corrected chi connectivity index (χ1v) is 11.5. The quantitative estimate of drug-likeness (QED) is 0.350. The van der Waals surface area contributed by atoms with Crippen molar-refractivity contribution in [1.29, 1.82) is 0 Å². The molecule has 0 aliphatic rings. The predicted molar refractivity (Wildman–Crippen MR) is 127 cm³/mol. The van der Waals surface area contributed by atoms with Gasteiger partial charge in [-0.05, 0) is 47.2 Å². The maximum absolute atomic E-state index is 13.4. The Hall–Kier alpha value is -2.98. The lowest BCUT2D eigenvalue weighted by molar-refractivity contribution is -0.0328. The van der Waals surface area contributed by atoms with Crippen LogP contribution in [-0.2, 0) is 26.6 Å². The number of thioether (sulfide) groups is 1. The maximum atomic E-state index is 13.4. The van der Waals surface area contributed by atoms with Crippen molar-refractivity contribution >= 4 is 34.5 Å². The Labute approximate surface area is 201 Å². The highest BCUT2D eigenvalue weighted by atomic mass is 35.5. The molecule has 2 heterocycles. The molecule has 4 aromatic rings. The number of imidazole rings is 1. The van der Waals surface area contributed by atoms with E-state index in [-0.39, 0.29) is 40.9 Å². The van der Waals surface area contributed by atoms with E-state index in [1.165, 1.54) is 28.8 Å². The van der Waals surface area contributed by atoms with Crippen molar-refractivity contribution in [1.82, 2.24) is 18.7 Å². The van der Waals surface area contributed by atoms with E-state index >= 15 is 0 Å². The number of aromatic nitrogens is 4. The lowest BCUT2D eigenvalue weighted by Gasteiger charge is -2.13. The second-order valence-corrected chi connectivity index (χ2v) is 9.27. The molecule has 0 aliphatic carbocycles. The molecule has 0 amide bonds. The van der Waals surface area contributed by atoms with Crippen molar-refractivity contribution in [2.75, 3.05) is 0 Å². The molecule has 178 valence electrons. The first kappa shape index (κ1) is 24.2.